The second-order valence-corrected chi connectivity index (χ2v) is 9.20. The minimum Gasteiger partial charge on any atom is -0.497 e. The number of carbonyl (C=O) groups is 2. The molecule has 1 aliphatic rings. The summed E-state index contributed by atoms with van der Waals surface area (Å²) in [7, 11) is -1.02. The normalized spacial score (nSPS) is 14.5. The lowest BCUT2D eigenvalue weighted by Crippen LogP contribution is -2.46. The predicted molar refractivity (Wildman–Crippen MR) is 119 cm³/mol. The lowest BCUT2D eigenvalue weighted by molar-refractivity contribution is 0.0891. The number of hydrogen-bond donors (Lipinski definition) is 2. The van der Waals surface area contributed by atoms with E-state index in [4.69, 9.17) is 9.47 Å². The Labute approximate surface area is 187 Å². The van der Waals surface area contributed by atoms with Gasteiger partial charge in [0.1, 0.15) is 5.75 Å². The van der Waals surface area contributed by atoms with Gasteiger partial charge in [0.15, 0.2) is 0 Å². The highest BCUT2D eigenvalue weighted by Gasteiger charge is 2.25. The number of piperidine rings is 1. The molecule has 0 aromatic heterocycles. The van der Waals surface area contributed by atoms with Crippen LogP contribution in [-0.2, 0) is 14.8 Å². The van der Waals surface area contributed by atoms with E-state index in [0.29, 0.717) is 42.9 Å². The topological polar surface area (TPSA) is 114 Å². The van der Waals surface area contributed by atoms with E-state index in [-0.39, 0.29) is 28.5 Å². The predicted octanol–water partition coefficient (Wildman–Crippen LogP) is 2.77. The van der Waals surface area contributed by atoms with Crippen molar-refractivity contribution in [2.75, 3.05) is 32.0 Å². The number of amides is 2. The molecule has 172 valence electrons. The molecule has 2 aromatic rings. The fourth-order valence-corrected chi connectivity index (χ4v) is 4.57. The Balaban J connectivity index is 1.70. The van der Waals surface area contributed by atoms with Crippen LogP contribution in [0.15, 0.2) is 47.4 Å². The summed E-state index contributed by atoms with van der Waals surface area (Å²) < 4.78 is 38.0. The van der Waals surface area contributed by atoms with Crippen molar-refractivity contribution in [1.82, 2.24) is 10.2 Å². The van der Waals surface area contributed by atoms with Crippen molar-refractivity contribution >= 4 is 27.7 Å². The standard InChI is InChI=1S/C22H27N3O6S/c1-15-4-9-19(32(28,29)24-17-5-7-18(30-2)8-6-17)14-20(15)21(26)23-16-10-12-25(13-11-16)22(27)31-3/h4-9,14,16,24H,10-13H2,1-3H3,(H,23,26). The highest BCUT2D eigenvalue weighted by atomic mass is 32.2. The average Bonchev–Trinajstić information content (AvgIpc) is 2.79. The van der Waals surface area contributed by atoms with Gasteiger partial charge in [-0.25, -0.2) is 13.2 Å². The first-order valence-corrected chi connectivity index (χ1v) is 11.6. The van der Waals surface area contributed by atoms with Crippen molar-refractivity contribution in [2.24, 2.45) is 0 Å². The molecular formula is C22H27N3O6S. The number of likely N-dealkylation sites (tertiary alicyclic amines) is 1. The number of anilines is 1. The van der Waals surface area contributed by atoms with Gasteiger partial charge in [-0.1, -0.05) is 6.07 Å². The van der Waals surface area contributed by atoms with Gasteiger partial charge >= 0.3 is 6.09 Å². The van der Waals surface area contributed by atoms with Gasteiger partial charge in [-0.05, 0) is 61.7 Å². The number of sulfonamides is 1. The number of nitrogens with zero attached hydrogens (tertiary/aromatic N) is 1. The molecule has 1 heterocycles. The molecule has 2 aromatic carbocycles. The fourth-order valence-electron chi connectivity index (χ4n) is 3.48. The number of methoxy groups -OCH3 is 2. The summed E-state index contributed by atoms with van der Waals surface area (Å²) in [6.07, 6.45) is 0.807. The molecule has 0 unspecified atom stereocenters. The Morgan fingerprint density at radius 2 is 1.69 bits per heavy atom. The molecule has 0 saturated carbocycles. The van der Waals surface area contributed by atoms with E-state index in [2.05, 4.69) is 10.0 Å². The van der Waals surface area contributed by atoms with Crippen LogP contribution < -0.4 is 14.8 Å². The van der Waals surface area contributed by atoms with Crippen molar-refractivity contribution in [3.8, 4) is 5.75 Å². The number of hydrogen-bond acceptors (Lipinski definition) is 6. The molecule has 3 rings (SSSR count). The van der Waals surface area contributed by atoms with Gasteiger partial charge in [-0.2, -0.15) is 0 Å². The van der Waals surface area contributed by atoms with Crippen LogP contribution in [0.4, 0.5) is 10.5 Å². The SMILES string of the molecule is COC(=O)N1CCC(NC(=O)c2cc(S(=O)(=O)Nc3ccc(OC)cc3)ccc2C)CC1. The van der Waals surface area contributed by atoms with Crippen LogP contribution in [0.3, 0.4) is 0 Å². The molecule has 2 amide bonds. The van der Waals surface area contributed by atoms with Crippen LogP contribution in [0.5, 0.6) is 5.75 Å². The molecule has 1 aliphatic heterocycles. The Kier molecular flexibility index (Phi) is 7.24. The Bertz CT molecular complexity index is 1080. The minimum absolute atomic E-state index is 0.00965. The van der Waals surface area contributed by atoms with Gasteiger partial charge in [-0.3, -0.25) is 9.52 Å². The maximum absolute atomic E-state index is 12.9. The maximum Gasteiger partial charge on any atom is 0.409 e. The number of rotatable bonds is 6. The first-order chi connectivity index (χ1) is 15.2. The summed E-state index contributed by atoms with van der Waals surface area (Å²) in [4.78, 5) is 26.1. The van der Waals surface area contributed by atoms with Crippen LogP contribution in [-0.4, -0.2) is 58.7 Å². The van der Waals surface area contributed by atoms with Gasteiger partial charge in [0.25, 0.3) is 15.9 Å². The molecule has 1 saturated heterocycles. The summed E-state index contributed by atoms with van der Waals surface area (Å²) in [5.41, 5.74) is 1.34. The van der Waals surface area contributed by atoms with E-state index in [9.17, 15) is 18.0 Å². The first kappa shape index (κ1) is 23.4. The number of ether oxygens (including phenoxy) is 2. The molecule has 0 atom stereocenters. The summed E-state index contributed by atoms with van der Waals surface area (Å²) >= 11 is 0. The molecule has 0 spiro atoms. The number of benzene rings is 2. The molecule has 0 bridgehead atoms. The van der Waals surface area contributed by atoms with Crippen LogP contribution in [0, 0.1) is 6.92 Å². The third kappa shape index (κ3) is 5.50. The van der Waals surface area contributed by atoms with E-state index in [1.165, 1.54) is 26.4 Å². The van der Waals surface area contributed by atoms with Gasteiger partial charge in [0, 0.05) is 30.4 Å². The zero-order valence-electron chi connectivity index (χ0n) is 18.3. The second-order valence-electron chi connectivity index (χ2n) is 7.52. The van der Waals surface area contributed by atoms with Crippen LogP contribution in [0.2, 0.25) is 0 Å². The average molecular weight is 462 g/mol. The number of aryl methyl sites for hydroxylation is 1. The van der Waals surface area contributed by atoms with E-state index >= 15 is 0 Å². The minimum atomic E-state index is -3.89. The highest BCUT2D eigenvalue weighted by Crippen LogP contribution is 2.22. The fraction of sp³-hybridized carbons (Fsp3) is 0.364. The number of carbonyl (C=O) groups excluding carboxylic acids is 2. The van der Waals surface area contributed by atoms with Gasteiger partial charge in [-0.15, -0.1) is 0 Å². The summed E-state index contributed by atoms with van der Waals surface area (Å²) in [6.45, 7) is 2.72. The van der Waals surface area contributed by atoms with Crippen molar-refractivity contribution in [2.45, 2.75) is 30.7 Å². The molecule has 1 fully saturated rings. The van der Waals surface area contributed by atoms with E-state index in [1.807, 2.05) is 0 Å². The maximum atomic E-state index is 12.9. The van der Waals surface area contributed by atoms with Crippen molar-refractivity contribution in [3.63, 3.8) is 0 Å². The Hall–Kier alpha value is -3.27. The largest absolute Gasteiger partial charge is 0.497 e. The Morgan fingerprint density at radius 3 is 2.28 bits per heavy atom. The molecule has 10 heteroatoms. The van der Waals surface area contributed by atoms with Gasteiger partial charge in [0.05, 0.1) is 19.1 Å². The molecule has 0 aliphatic carbocycles. The summed E-state index contributed by atoms with van der Waals surface area (Å²) in [5, 5.41) is 2.95. The van der Waals surface area contributed by atoms with Crippen LogP contribution in [0.25, 0.3) is 0 Å². The highest BCUT2D eigenvalue weighted by molar-refractivity contribution is 7.92. The molecule has 2 N–H and O–H groups in total. The second kappa shape index (κ2) is 9.90. The van der Waals surface area contributed by atoms with E-state index in [0.717, 1.165) is 0 Å². The lowest BCUT2D eigenvalue weighted by atomic mass is 10.0. The number of nitrogens with one attached hydrogen (secondary N) is 2. The third-order valence-electron chi connectivity index (χ3n) is 5.37. The molecule has 0 radical (unpaired) electrons. The van der Waals surface area contributed by atoms with Crippen molar-refractivity contribution in [1.29, 1.82) is 0 Å². The van der Waals surface area contributed by atoms with Gasteiger partial charge < -0.3 is 19.7 Å². The lowest BCUT2D eigenvalue weighted by Gasteiger charge is -2.31. The monoisotopic (exact) mass is 461 g/mol. The van der Waals surface area contributed by atoms with Crippen LogP contribution in [0.1, 0.15) is 28.8 Å². The molecular weight excluding hydrogens is 434 g/mol. The first-order valence-electron chi connectivity index (χ1n) is 10.1. The van der Waals surface area contributed by atoms with Crippen molar-refractivity contribution < 1.29 is 27.5 Å². The van der Waals surface area contributed by atoms with E-state index in [1.54, 1.807) is 42.2 Å². The van der Waals surface area contributed by atoms with Crippen molar-refractivity contribution in [3.05, 3.63) is 53.6 Å². The van der Waals surface area contributed by atoms with E-state index < -0.39 is 10.0 Å². The smallest absolute Gasteiger partial charge is 0.409 e. The van der Waals surface area contributed by atoms with Gasteiger partial charge in [0.2, 0.25) is 0 Å². The molecule has 32 heavy (non-hydrogen) atoms. The summed E-state index contributed by atoms with van der Waals surface area (Å²) in [5.74, 6) is 0.264. The quantitative estimate of drug-likeness (QED) is 0.684. The zero-order chi connectivity index (χ0) is 23.3. The Morgan fingerprint density at radius 1 is 1.03 bits per heavy atom. The summed E-state index contributed by atoms with van der Waals surface area (Å²) in [6, 6.07) is 10.8. The van der Waals surface area contributed by atoms with Crippen LogP contribution >= 0.6 is 0 Å². The molecule has 9 nitrogen and oxygen atoms in total. The third-order valence-corrected chi connectivity index (χ3v) is 6.75. The zero-order valence-corrected chi connectivity index (χ0v) is 19.1.